The van der Waals surface area contributed by atoms with Crippen molar-refractivity contribution in [3.05, 3.63) is 16.1 Å². The lowest BCUT2D eigenvalue weighted by Crippen LogP contribution is -2.41. The number of nitrogens with zero attached hydrogens (tertiary/aromatic N) is 3. The highest BCUT2D eigenvalue weighted by molar-refractivity contribution is 14.0. The molecule has 0 aromatic carbocycles. The molecule has 22 heavy (non-hydrogen) atoms. The summed E-state index contributed by atoms with van der Waals surface area (Å²) in [6, 6.07) is 0. The highest BCUT2D eigenvalue weighted by Crippen LogP contribution is 2.13. The fourth-order valence-corrected chi connectivity index (χ4v) is 3.36. The minimum Gasteiger partial charge on any atom is -0.381 e. The summed E-state index contributed by atoms with van der Waals surface area (Å²) >= 11 is 1.75. The summed E-state index contributed by atoms with van der Waals surface area (Å²) < 4.78 is 5.43. The largest absolute Gasteiger partial charge is 0.381 e. The van der Waals surface area contributed by atoms with Crippen LogP contribution < -0.4 is 5.32 Å². The van der Waals surface area contributed by atoms with Gasteiger partial charge in [-0.2, -0.15) is 0 Å². The highest BCUT2D eigenvalue weighted by atomic mass is 127. The minimum atomic E-state index is 0. The second-order valence-electron chi connectivity index (χ2n) is 5.57. The number of hydrogen-bond donors (Lipinski definition) is 1. The quantitative estimate of drug-likeness (QED) is 0.321. The van der Waals surface area contributed by atoms with Crippen LogP contribution in [-0.2, 0) is 11.2 Å². The lowest BCUT2D eigenvalue weighted by atomic mass is 10.1. The first kappa shape index (κ1) is 19.6. The molecule has 1 fully saturated rings. The third kappa shape index (κ3) is 6.37. The van der Waals surface area contributed by atoms with Gasteiger partial charge in [0.05, 0.1) is 11.6 Å². The van der Waals surface area contributed by atoms with Gasteiger partial charge in [0, 0.05) is 57.2 Å². The Labute approximate surface area is 154 Å². The van der Waals surface area contributed by atoms with E-state index in [-0.39, 0.29) is 24.0 Å². The van der Waals surface area contributed by atoms with E-state index >= 15 is 0 Å². The first-order valence-corrected chi connectivity index (χ1v) is 8.47. The molecule has 1 unspecified atom stereocenters. The van der Waals surface area contributed by atoms with E-state index in [9.17, 15) is 0 Å². The topological polar surface area (TPSA) is 49.8 Å². The second-order valence-corrected chi connectivity index (χ2v) is 6.51. The van der Waals surface area contributed by atoms with Crippen LogP contribution in [0.25, 0.3) is 0 Å². The number of rotatable bonds is 6. The Hall–Kier alpha value is -0.410. The van der Waals surface area contributed by atoms with Gasteiger partial charge in [0.2, 0.25) is 0 Å². The van der Waals surface area contributed by atoms with Gasteiger partial charge >= 0.3 is 0 Å². The molecule has 126 valence electrons. The molecule has 0 radical (unpaired) electrons. The van der Waals surface area contributed by atoms with Gasteiger partial charge in [0.1, 0.15) is 0 Å². The molecule has 1 saturated heterocycles. The molecular formula is C15H27IN4OS. The van der Waals surface area contributed by atoms with Crippen LogP contribution in [0.5, 0.6) is 0 Å². The molecule has 0 saturated carbocycles. The molecule has 0 spiro atoms. The van der Waals surface area contributed by atoms with Crippen molar-refractivity contribution in [3.63, 3.8) is 0 Å². The smallest absolute Gasteiger partial charge is 0.193 e. The normalized spacial score (nSPS) is 18.1. The van der Waals surface area contributed by atoms with E-state index in [1.807, 2.05) is 14.0 Å². The summed E-state index contributed by atoms with van der Waals surface area (Å²) in [5.41, 5.74) is 1.12. The zero-order chi connectivity index (χ0) is 15.1. The van der Waals surface area contributed by atoms with Gasteiger partial charge in [0.25, 0.3) is 0 Å². The summed E-state index contributed by atoms with van der Waals surface area (Å²) in [7, 11) is 3.94. The molecule has 1 aliphatic rings. The van der Waals surface area contributed by atoms with Crippen LogP contribution in [-0.4, -0.2) is 56.2 Å². The van der Waals surface area contributed by atoms with Crippen LogP contribution in [0.1, 0.15) is 23.5 Å². The summed E-state index contributed by atoms with van der Waals surface area (Å²) in [6.07, 6.45) is 3.26. The van der Waals surface area contributed by atoms with Crippen LogP contribution in [0.3, 0.4) is 0 Å². The Balaban J connectivity index is 0.00000242. The molecule has 1 atom stereocenters. The number of ether oxygens (including phenoxy) is 1. The number of thiazole rings is 1. The SMILES string of the molecule is CN=C(NCCCc1nc(C)cs1)N(C)CC1CCOC1.I. The molecular weight excluding hydrogens is 411 g/mol. The lowest BCUT2D eigenvalue weighted by molar-refractivity contribution is 0.181. The third-order valence-electron chi connectivity index (χ3n) is 3.65. The molecule has 2 rings (SSSR count). The number of nitrogens with one attached hydrogen (secondary N) is 1. The predicted octanol–water partition coefficient (Wildman–Crippen LogP) is 2.55. The average molecular weight is 438 g/mol. The van der Waals surface area contributed by atoms with Gasteiger partial charge in [0.15, 0.2) is 5.96 Å². The maximum atomic E-state index is 5.43. The molecule has 7 heteroatoms. The first-order chi connectivity index (χ1) is 10.2. The Bertz CT molecular complexity index is 460. The average Bonchev–Trinajstić information content (AvgIpc) is 3.10. The minimum absolute atomic E-state index is 0. The molecule has 2 heterocycles. The molecule has 1 aromatic rings. The Morgan fingerprint density at radius 1 is 1.59 bits per heavy atom. The van der Waals surface area contributed by atoms with E-state index < -0.39 is 0 Å². The summed E-state index contributed by atoms with van der Waals surface area (Å²) in [4.78, 5) is 11.0. The van der Waals surface area contributed by atoms with E-state index in [0.717, 1.165) is 57.2 Å². The zero-order valence-corrected chi connectivity index (χ0v) is 16.8. The van der Waals surface area contributed by atoms with E-state index in [1.165, 1.54) is 5.01 Å². The Kier molecular flexibility index (Phi) is 9.27. The van der Waals surface area contributed by atoms with Crippen molar-refractivity contribution < 1.29 is 4.74 Å². The van der Waals surface area contributed by atoms with Crippen molar-refractivity contribution in [1.29, 1.82) is 0 Å². The lowest BCUT2D eigenvalue weighted by Gasteiger charge is -2.24. The van der Waals surface area contributed by atoms with Gasteiger partial charge in [-0.05, 0) is 19.8 Å². The Morgan fingerprint density at radius 3 is 3.00 bits per heavy atom. The van der Waals surface area contributed by atoms with Gasteiger partial charge in [-0.3, -0.25) is 4.99 Å². The monoisotopic (exact) mass is 438 g/mol. The molecule has 1 aliphatic heterocycles. The molecule has 1 aromatic heterocycles. The maximum absolute atomic E-state index is 5.43. The van der Waals surface area contributed by atoms with Gasteiger partial charge in [-0.15, -0.1) is 35.3 Å². The maximum Gasteiger partial charge on any atom is 0.193 e. The predicted molar refractivity (Wildman–Crippen MR) is 104 cm³/mol. The summed E-state index contributed by atoms with van der Waals surface area (Å²) in [5.74, 6) is 1.60. The van der Waals surface area contributed by atoms with Gasteiger partial charge < -0.3 is 15.0 Å². The number of aliphatic imine (C=N–C) groups is 1. The van der Waals surface area contributed by atoms with Crippen LogP contribution >= 0.6 is 35.3 Å². The van der Waals surface area contributed by atoms with E-state index in [1.54, 1.807) is 11.3 Å². The molecule has 0 bridgehead atoms. The van der Waals surface area contributed by atoms with Crippen molar-refractivity contribution in [2.75, 3.05) is 40.4 Å². The van der Waals surface area contributed by atoms with Crippen molar-refractivity contribution in [2.45, 2.75) is 26.2 Å². The van der Waals surface area contributed by atoms with Crippen molar-refractivity contribution in [3.8, 4) is 0 Å². The van der Waals surface area contributed by atoms with Crippen LogP contribution in [0, 0.1) is 12.8 Å². The van der Waals surface area contributed by atoms with Crippen LogP contribution in [0.15, 0.2) is 10.4 Å². The van der Waals surface area contributed by atoms with E-state index in [0.29, 0.717) is 5.92 Å². The number of guanidine groups is 1. The summed E-state index contributed by atoms with van der Waals surface area (Å²) in [6.45, 7) is 5.76. The molecule has 0 aliphatic carbocycles. The number of aromatic nitrogens is 1. The first-order valence-electron chi connectivity index (χ1n) is 7.59. The van der Waals surface area contributed by atoms with E-state index in [4.69, 9.17) is 4.74 Å². The van der Waals surface area contributed by atoms with Crippen molar-refractivity contribution in [1.82, 2.24) is 15.2 Å². The molecule has 0 amide bonds. The zero-order valence-electron chi connectivity index (χ0n) is 13.7. The third-order valence-corrected chi connectivity index (χ3v) is 4.67. The molecule has 1 N–H and O–H groups in total. The van der Waals surface area contributed by atoms with Crippen molar-refractivity contribution >= 4 is 41.3 Å². The van der Waals surface area contributed by atoms with Crippen LogP contribution in [0.2, 0.25) is 0 Å². The fourth-order valence-electron chi connectivity index (χ4n) is 2.54. The second kappa shape index (κ2) is 10.4. The number of hydrogen-bond acceptors (Lipinski definition) is 4. The van der Waals surface area contributed by atoms with E-state index in [2.05, 4.69) is 32.6 Å². The summed E-state index contributed by atoms with van der Waals surface area (Å²) in [5, 5.41) is 6.77. The molecule has 5 nitrogen and oxygen atoms in total. The number of aryl methyl sites for hydroxylation is 2. The highest BCUT2D eigenvalue weighted by Gasteiger charge is 2.18. The standard InChI is InChI=1S/C15H26N4OS.HI/c1-12-11-21-14(18-12)5-4-7-17-15(16-2)19(3)9-13-6-8-20-10-13;/h11,13H,4-10H2,1-3H3,(H,16,17);1H. The fraction of sp³-hybridized carbons (Fsp3) is 0.733. The van der Waals surface area contributed by atoms with Gasteiger partial charge in [-0.25, -0.2) is 4.98 Å². The van der Waals surface area contributed by atoms with Crippen molar-refractivity contribution in [2.24, 2.45) is 10.9 Å². The number of halogens is 1. The van der Waals surface area contributed by atoms with Gasteiger partial charge in [-0.1, -0.05) is 0 Å². The Morgan fingerprint density at radius 2 is 2.41 bits per heavy atom. The van der Waals surface area contributed by atoms with Crippen LogP contribution in [0.4, 0.5) is 0 Å².